The lowest BCUT2D eigenvalue weighted by molar-refractivity contribution is -0.121. The quantitative estimate of drug-likeness (QED) is 0.716. The Morgan fingerprint density at radius 1 is 1.04 bits per heavy atom. The van der Waals surface area contributed by atoms with Crippen molar-refractivity contribution < 1.29 is 14.3 Å². The van der Waals surface area contributed by atoms with Crippen molar-refractivity contribution in [3.05, 3.63) is 65.7 Å². The second kappa shape index (κ2) is 10.0. The minimum absolute atomic E-state index is 0.0890. The first-order chi connectivity index (χ1) is 12.6. The van der Waals surface area contributed by atoms with Gasteiger partial charge in [-0.3, -0.25) is 9.59 Å². The van der Waals surface area contributed by atoms with Gasteiger partial charge in [0.15, 0.2) is 0 Å². The minimum Gasteiger partial charge on any atom is -0.493 e. The Balaban J connectivity index is 1.87. The Morgan fingerprint density at radius 3 is 2.54 bits per heavy atom. The number of ether oxygens (including phenoxy) is 1. The SMILES string of the molecule is CCOc1ccccc1/C=C/C(=O)NCC(=O)Nc1ccccc1CC. The first-order valence-corrected chi connectivity index (χ1v) is 8.69. The van der Waals surface area contributed by atoms with Crippen molar-refractivity contribution in [3.63, 3.8) is 0 Å². The average molecular weight is 352 g/mol. The monoisotopic (exact) mass is 352 g/mol. The van der Waals surface area contributed by atoms with E-state index < -0.39 is 0 Å². The van der Waals surface area contributed by atoms with Gasteiger partial charge < -0.3 is 15.4 Å². The van der Waals surface area contributed by atoms with Crippen molar-refractivity contribution >= 4 is 23.6 Å². The maximum Gasteiger partial charge on any atom is 0.244 e. The van der Waals surface area contributed by atoms with Crippen LogP contribution in [0.15, 0.2) is 54.6 Å². The van der Waals surface area contributed by atoms with Crippen LogP contribution in [-0.4, -0.2) is 25.0 Å². The lowest BCUT2D eigenvalue weighted by atomic mass is 10.1. The van der Waals surface area contributed by atoms with Gasteiger partial charge in [0.25, 0.3) is 0 Å². The summed E-state index contributed by atoms with van der Waals surface area (Å²) in [5.41, 5.74) is 2.64. The molecule has 2 amide bonds. The zero-order valence-electron chi connectivity index (χ0n) is 15.1. The lowest BCUT2D eigenvalue weighted by Crippen LogP contribution is -2.31. The number of anilines is 1. The van der Waals surface area contributed by atoms with Crippen LogP contribution < -0.4 is 15.4 Å². The van der Waals surface area contributed by atoms with Crippen molar-refractivity contribution in [2.24, 2.45) is 0 Å². The number of benzene rings is 2. The van der Waals surface area contributed by atoms with Crippen LogP contribution in [0.3, 0.4) is 0 Å². The summed E-state index contributed by atoms with van der Waals surface area (Å²) in [6.07, 6.45) is 3.89. The van der Waals surface area contributed by atoms with E-state index in [2.05, 4.69) is 10.6 Å². The molecule has 0 spiro atoms. The summed E-state index contributed by atoms with van der Waals surface area (Å²) in [6, 6.07) is 15.1. The first-order valence-electron chi connectivity index (χ1n) is 8.69. The van der Waals surface area contributed by atoms with Crippen molar-refractivity contribution in [2.75, 3.05) is 18.5 Å². The molecular weight excluding hydrogens is 328 g/mol. The molecule has 26 heavy (non-hydrogen) atoms. The van der Waals surface area contributed by atoms with E-state index >= 15 is 0 Å². The fourth-order valence-electron chi connectivity index (χ4n) is 2.44. The molecule has 136 valence electrons. The number of hydrogen-bond donors (Lipinski definition) is 2. The Kier molecular flexibility index (Phi) is 7.43. The van der Waals surface area contributed by atoms with Crippen LogP contribution in [0.4, 0.5) is 5.69 Å². The van der Waals surface area contributed by atoms with Crippen LogP contribution in [-0.2, 0) is 16.0 Å². The van der Waals surface area contributed by atoms with E-state index in [1.165, 1.54) is 6.08 Å². The summed E-state index contributed by atoms with van der Waals surface area (Å²) in [4.78, 5) is 24.0. The molecule has 5 nitrogen and oxygen atoms in total. The van der Waals surface area contributed by atoms with Crippen LogP contribution in [0.25, 0.3) is 6.08 Å². The van der Waals surface area contributed by atoms with Crippen molar-refractivity contribution in [2.45, 2.75) is 20.3 Å². The smallest absolute Gasteiger partial charge is 0.244 e. The van der Waals surface area contributed by atoms with Gasteiger partial charge in [0.05, 0.1) is 13.2 Å². The number of carbonyl (C=O) groups excluding carboxylic acids is 2. The zero-order valence-corrected chi connectivity index (χ0v) is 15.1. The highest BCUT2D eigenvalue weighted by atomic mass is 16.5. The van der Waals surface area contributed by atoms with Crippen molar-refractivity contribution in [1.29, 1.82) is 0 Å². The molecule has 0 fully saturated rings. The highest BCUT2D eigenvalue weighted by Crippen LogP contribution is 2.19. The maximum atomic E-state index is 12.0. The van der Waals surface area contributed by atoms with E-state index in [0.717, 1.165) is 23.2 Å². The van der Waals surface area contributed by atoms with Gasteiger partial charge in [0.1, 0.15) is 5.75 Å². The molecule has 0 radical (unpaired) electrons. The van der Waals surface area contributed by atoms with E-state index in [1.807, 2.05) is 62.4 Å². The molecule has 2 aromatic carbocycles. The van der Waals surface area contributed by atoms with E-state index in [4.69, 9.17) is 4.74 Å². The predicted octanol–water partition coefficient (Wildman–Crippen LogP) is 3.42. The molecule has 0 atom stereocenters. The highest BCUT2D eigenvalue weighted by Gasteiger charge is 2.07. The maximum absolute atomic E-state index is 12.0. The molecule has 2 N–H and O–H groups in total. The molecule has 0 aliphatic rings. The van der Waals surface area contributed by atoms with Gasteiger partial charge in [-0.05, 0) is 37.1 Å². The predicted molar refractivity (Wildman–Crippen MR) is 104 cm³/mol. The zero-order chi connectivity index (χ0) is 18.8. The Morgan fingerprint density at radius 2 is 1.77 bits per heavy atom. The van der Waals surface area contributed by atoms with Gasteiger partial charge in [0.2, 0.25) is 11.8 Å². The number of amides is 2. The molecule has 0 unspecified atom stereocenters. The minimum atomic E-state index is -0.338. The number of aryl methyl sites for hydroxylation is 1. The molecule has 0 heterocycles. The molecular formula is C21H24N2O3. The lowest BCUT2D eigenvalue weighted by Gasteiger charge is -2.09. The standard InChI is InChI=1S/C21H24N2O3/c1-3-16-9-5-7-11-18(16)23-21(25)15-22-20(24)14-13-17-10-6-8-12-19(17)26-4-2/h5-14H,3-4,15H2,1-2H3,(H,22,24)(H,23,25)/b14-13+. The van der Waals surface area contributed by atoms with Crippen molar-refractivity contribution in [3.8, 4) is 5.75 Å². The fraction of sp³-hybridized carbons (Fsp3) is 0.238. The molecule has 2 rings (SSSR count). The first kappa shape index (κ1) is 19.2. The topological polar surface area (TPSA) is 67.4 Å². The van der Waals surface area contributed by atoms with Gasteiger partial charge in [-0.15, -0.1) is 0 Å². The molecule has 0 saturated carbocycles. The van der Waals surface area contributed by atoms with E-state index in [1.54, 1.807) is 6.08 Å². The molecule has 0 aliphatic heterocycles. The number of hydrogen-bond acceptors (Lipinski definition) is 3. The molecule has 0 saturated heterocycles. The second-order valence-corrected chi connectivity index (χ2v) is 5.58. The third kappa shape index (κ3) is 5.77. The van der Waals surface area contributed by atoms with E-state index in [9.17, 15) is 9.59 Å². The van der Waals surface area contributed by atoms with Gasteiger partial charge >= 0.3 is 0 Å². The molecule has 2 aromatic rings. The van der Waals surface area contributed by atoms with Crippen LogP contribution in [0, 0.1) is 0 Å². The Bertz CT molecular complexity index is 784. The van der Waals surface area contributed by atoms with Gasteiger partial charge in [-0.1, -0.05) is 43.3 Å². The van der Waals surface area contributed by atoms with Crippen LogP contribution in [0.2, 0.25) is 0 Å². The molecule has 0 aliphatic carbocycles. The summed E-state index contributed by atoms with van der Waals surface area (Å²) in [6.45, 7) is 4.39. The number of para-hydroxylation sites is 2. The third-order valence-corrected chi connectivity index (χ3v) is 3.73. The summed E-state index contributed by atoms with van der Waals surface area (Å²) in [5.74, 6) is 0.116. The van der Waals surface area contributed by atoms with E-state index in [0.29, 0.717) is 12.4 Å². The van der Waals surface area contributed by atoms with Gasteiger partial charge in [-0.25, -0.2) is 0 Å². The normalized spacial score (nSPS) is 10.5. The van der Waals surface area contributed by atoms with E-state index in [-0.39, 0.29) is 18.4 Å². The number of carbonyl (C=O) groups is 2. The highest BCUT2D eigenvalue weighted by molar-refractivity contribution is 5.98. The largest absolute Gasteiger partial charge is 0.493 e. The average Bonchev–Trinajstić information content (AvgIpc) is 2.66. The van der Waals surface area contributed by atoms with Crippen LogP contribution in [0.1, 0.15) is 25.0 Å². The fourth-order valence-corrected chi connectivity index (χ4v) is 2.44. The number of rotatable bonds is 8. The summed E-state index contributed by atoms with van der Waals surface area (Å²) in [5, 5.41) is 5.40. The van der Waals surface area contributed by atoms with Gasteiger partial charge in [0, 0.05) is 17.3 Å². The van der Waals surface area contributed by atoms with Crippen LogP contribution >= 0.6 is 0 Å². The molecule has 0 bridgehead atoms. The molecule has 5 heteroatoms. The number of nitrogens with one attached hydrogen (secondary N) is 2. The van der Waals surface area contributed by atoms with Gasteiger partial charge in [-0.2, -0.15) is 0 Å². The summed E-state index contributed by atoms with van der Waals surface area (Å²) >= 11 is 0. The Hall–Kier alpha value is -3.08. The Labute approximate surface area is 154 Å². The van der Waals surface area contributed by atoms with Crippen molar-refractivity contribution in [1.82, 2.24) is 5.32 Å². The molecule has 0 aromatic heterocycles. The third-order valence-electron chi connectivity index (χ3n) is 3.73. The summed E-state index contributed by atoms with van der Waals surface area (Å²) < 4.78 is 5.51. The summed E-state index contributed by atoms with van der Waals surface area (Å²) in [7, 11) is 0. The van der Waals surface area contributed by atoms with Crippen LogP contribution in [0.5, 0.6) is 5.75 Å². The second-order valence-electron chi connectivity index (χ2n) is 5.58.